The van der Waals surface area contributed by atoms with Crippen LogP contribution in [0.5, 0.6) is 5.75 Å². The number of ether oxygens (including phenoxy) is 1. The van der Waals surface area contributed by atoms with Gasteiger partial charge in [0.25, 0.3) is 11.7 Å². The number of benzene rings is 2. The molecule has 1 fully saturated rings. The molecular weight excluding hydrogens is 417 g/mol. The highest BCUT2D eigenvalue weighted by Crippen LogP contribution is 2.42. The average molecular weight is 437 g/mol. The number of likely N-dealkylation sites (tertiary alicyclic amines) is 1. The fraction of sp³-hybridized carbons (Fsp3) is 0.167. The van der Waals surface area contributed by atoms with E-state index in [4.69, 9.17) is 4.74 Å². The predicted octanol–water partition coefficient (Wildman–Crippen LogP) is 4.83. The Balaban J connectivity index is 1.83. The zero-order chi connectivity index (χ0) is 22.1. The summed E-state index contributed by atoms with van der Waals surface area (Å²) in [5, 5.41) is 13.0. The first kappa shape index (κ1) is 20.8. The molecule has 2 heterocycles. The van der Waals surface area contributed by atoms with Crippen LogP contribution in [0.15, 0.2) is 65.6 Å². The topological polar surface area (TPSA) is 66.8 Å². The molecule has 1 aliphatic heterocycles. The predicted molar refractivity (Wildman–Crippen MR) is 116 cm³/mol. The highest BCUT2D eigenvalue weighted by atomic mass is 32.1. The van der Waals surface area contributed by atoms with Crippen molar-refractivity contribution < 1.29 is 23.8 Å². The number of carbonyl (C=O) groups is 2. The van der Waals surface area contributed by atoms with E-state index in [1.54, 1.807) is 44.4 Å². The summed E-state index contributed by atoms with van der Waals surface area (Å²) in [6.45, 7) is 1.91. The number of aliphatic hydroxyl groups is 1. The Bertz CT molecular complexity index is 1170. The van der Waals surface area contributed by atoms with Gasteiger partial charge in [0.2, 0.25) is 0 Å². The smallest absolute Gasteiger partial charge is 0.295 e. The molecule has 7 heteroatoms. The summed E-state index contributed by atoms with van der Waals surface area (Å²) in [5.74, 6) is -1.42. The lowest BCUT2D eigenvalue weighted by Gasteiger charge is -2.24. The lowest BCUT2D eigenvalue weighted by Crippen LogP contribution is -2.28. The molecule has 1 aromatic heterocycles. The number of thiophene rings is 1. The number of carbonyl (C=O) groups excluding carboxylic acids is 2. The Labute approximate surface area is 183 Å². The molecule has 1 amide bonds. The van der Waals surface area contributed by atoms with Crippen molar-refractivity contribution in [2.24, 2.45) is 0 Å². The fourth-order valence-corrected chi connectivity index (χ4v) is 4.59. The van der Waals surface area contributed by atoms with Crippen molar-refractivity contribution in [2.45, 2.75) is 19.5 Å². The van der Waals surface area contributed by atoms with Gasteiger partial charge in [0.15, 0.2) is 0 Å². The molecule has 0 radical (unpaired) electrons. The SMILES string of the molecule is COc1ccc(/C(O)=C2/C(=O)C(=O)N(Cc3ccc(F)cc3)C2c2cccs2)c(C)c1. The van der Waals surface area contributed by atoms with E-state index in [1.807, 2.05) is 17.5 Å². The van der Waals surface area contributed by atoms with E-state index in [-0.39, 0.29) is 23.7 Å². The van der Waals surface area contributed by atoms with E-state index in [0.717, 1.165) is 4.88 Å². The van der Waals surface area contributed by atoms with Crippen LogP contribution in [-0.4, -0.2) is 28.8 Å². The van der Waals surface area contributed by atoms with Crippen molar-refractivity contribution in [1.82, 2.24) is 4.90 Å². The number of aryl methyl sites for hydroxylation is 1. The molecule has 3 aromatic rings. The number of amides is 1. The van der Waals surface area contributed by atoms with Gasteiger partial charge in [-0.25, -0.2) is 4.39 Å². The summed E-state index contributed by atoms with van der Waals surface area (Å²) in [5.41, 5.74) is 1.90. The minimum atomic E-state index is -0.742. The van der Waals surface area contributed by atoms with E-state index >= 15 is 0 Å². The van der Waals surface area contributed by atoms with Gasteiger partial charge in [-0.05, 0) is 59.8 Å². The highest BCUT2D eigenvalue weighted by molar-refractivity contribution is 7.10. The molecule has 1 unspecified atom stereocenters. The first-order chi connectivity index (χ1) is 14.9. The minimum absolute atomic E-state index is 0.0443. The van der Waals surface area contributed by atoms with Crippen LogP contribution in [0.25, 0.3) is 5.76 Å². The molecule has 31 heavy (non-hydrogen) atoms. The zero-order valence-corrected chi connectivity index (χ0v) is 17.8. The lowest BCUT2D eigenvalue weighted by molar-refractivity contribution is -0.140. The molecule has 158 valence electrons. The number of nitrogens with zero attached hydrogens (tertiary/aromatic N) is 1. The van der Waals surface area contributed by atoms with Crippen molar-refractivity contribution in [3.63, 3.8) is 0 Å². The molecule has 1 saturated heterocycles. The number of hydrogen-bond donors (Lipinski definition) is 1. The normalized spacial score (nSPS) is 17.9. The van der Waals surface area contributed by atoms with Gasteiger partial charge < -0.3 is 14.7 Å². The van der Waals surface area contributed by atoms with E-state index in [0.29, 0.717) is 22.4 Å². The summed E-state index contributed by atoms with van der Waals surface area (Å²) < 4.78 is 18.5. The minimum Gasteiger partial charge on any atom is -0.507 e. The van der Waals surface area contributed by atoms with Gasteiger partial charge in [0.05, 0.1) is 18.7 Å². The summed E-state index contributed by atoms with van der Waals surface area (Å²) >= 11 is 1.40. The second-order valence-corrected chi connectivity index (χ2v) is 8.23. The van der Waals surface area contributed by atoms with Gasteiger partial charge in [0, 0.05) is 17.0 Å². The van der Waals surface area contributed by atoms with E-state index in [9.17, 15) is 19.1 Å². The highest BCUT2D eigenvalue weighted by Gasteiger charge is 2.46. The van der Waals surface area contributed by atoms with Crippen molar-refractivity contribution in [3.05, 3.63) is 92.9 Å². The first-order valence-electron chi connectivity index (χ1n) is 9.62. The van der Waals surface area contributed by atoms with Gasteiger partial charge in [-0.3, -0.25) is 9.59 Å². The Kier molecular flexibility index (Phi) is 5.61. The number of methoxy groups -OCH3 is 1. The maximum Gasteiger partial charge on any atom is 0.295 e. The van der Waals surface area contributed by atoms with Gasteiger partial charge >= 0.3 is 0 Å². The Morgan fingerprint density at radius 3 is 2.52 bits per heavy atom. The summed E-state index contributed by atoms with van der Waals surface area (Å²) in [6, 6.07) is 13.8. The molecular formula is C24H20FNO4S. The Morgan fingerprint density at radius 2 is 1.90 bits per heavy atom. The van der Waals surface area contributed by atoms with Crippen LogP contribution >= 0.6 is 11.3 Å². The zero-order valence-electron chi connectivity index (χ0n) is 17.0. The summed E-state index contributed by atoms with van der Waals surface area (Å²) in [6.07, 6.45) is 0. The van der Waals surface area contributed by atoms with Crippen LogP contribution in [0.1, 0.15) is 27.6 Å². The Morgan fingerprint density at radius 1 is 1.16 bits per heavy atom. The van der Waals surface area contributed by atoms with Crippen LogP contribution in [-0.2, 0) is 16.1 Å². The number of rotatable bonds is 5. The van der Waals surface area contributed by atoms with Crippen molar-refractivity contribution in [3.8, 4) is 5.75 Å². The van der Waals surface area contributed by atoms with Crippen LogP contribution in [0.3, 0.4) is 0 Å². The van der Waals surface area contributed by atoms with Crippen molar-refractivity contribution >= 4 is 28.8 Å². The molecule has 1 atom stereocenters. The number of hydrogen-bond acceptors (Lipinski definition) is 5. The molecule has 0 bridgehead atoms. The van der Waals surface area contributed by atoms with Gasteiger partial charge in [-0.1, -0.05) is 18.2 Å². The number of Topliss-reactive ketones (excluding diaryl/α,β-unsaturated/α-hetero) is 1. The van der Waals surface area contributed by atoms with Crippen LogP contribution < -0.4 is 4.74 Å². The maximum absolute atomic E-state index is 13.3. The summed E-state index contributed by atoms with van der Waals surface area (Å²) in [4.78, 5) is 28.2. The van der Waals surface area contributed by atoms with Crippen LogP contribution in [0.2, 0.25) is 0 Å². The molecule has 2 aromatic carbocycles. The third-order valence-corrected chi connectivity index (χ3v) is 6.23. The number of halogens is 1. The number of aliphatic hydroxyl groups excluding tert-OH is 1. The monoisotopic (exact) mass is 437 g/mol. The van der Waals surface area contributed by atoms with E-state index in [1.165, 1.54) is 28.4 Å². The van der Waals surface area contributed by atoms with Gasteiger partial charge in [0.1, 0.15) is 17.3 Å². The third-order valence-electron chi connectivity index (χ3n) is 5.31. The van der Waals surface area contributed by atoms with E-state index in [2.05, 4.69) is 0 Å². The fourth-order valence-electron chi connectivity index (χ4n) is 3.75. The molecule has 0 saturated carbocycles. The second kappa shape index (κ2) is 8.35. The molecule has 4 rings (SSSR count). The van der Waals surface area contributed by atoms with Crippen LogP contribution in [0, 0.1) is 12.7 Å². The molecule has 1 aliphatic rings. The first-order valence-corrected chi connectivity index (χ1v) is 10.5. The number of ketones is 1. The molecule has 1 N–H and O–H groups in total. The quantitative estimate of drug-likeness (QED) is 0.353. The van der Waals surface area contributed by atoms with Crippen LogP contribution in [0.4, 0.5) is 4.39 Å². The van der Waals surface area contributed by atoms with Gasteiger partial charge in [-0.15, -0.1) is 11.3 Å². The third kappa shape index (κ3) is 3.84. The molecule has 0 aliphatic carbocycles. The largest absolute Gasteiger partial charge is 0.507 e. The lowest BCUT2D eigenvalue weighted by atomic mass is 9.97. The Hall–Kier alpha value is -3.45. The van der Waals surface area contributed by atoms with E-state index < -0.39 is 17.7 Å². The summed E-state index contributed by atoms with van der Waals surface area (Å²) in [7, 11) is 1.55. The maximum atomic E-state index is 13.3. The second-order valence-electron chi connectivity index (χ2n) is 7.25. The molecule has 5 nitrogen and oxygen atoms in total. The van der Waals surface area contributed by atoms with Gasteiger partial charge in [-0.2, -0.15) is 0 Å². The standard InChI is InChI=1S/C24H20FNO4S/c1-14-12-17(30-2)9-10-18(14)22(27)20-21(19-4-3-11-31-19)26(24(29)23(20)28)13-15-5-7-16(25)8-6-15/h3-12,21,27H,13H2,1-2H3/b22-20-. The average Bonchev–Trinajstić information content (AvgIpc) is 3.37. The van der Waals surface area contributed by atoms with Crippen molar-refractivity contribution in [2.75, 3.05) is 7.11 Å². The van der Waals surface area contributed by atoms with Crippen molar-refractivity contribution in [1.29, 1.82) is 0 Å². The molecule has 0 spiro atoms.